The van der Waals surface area contributed by atoms with Crippen LogP contribution >= 0.6 is 0 Å². The van der Waals surface area contributed by atoms with E-state index in [1.54, 1.807) is 23.2 Å². The van der Waals surface area contributed by atoms with Crippen molar-refractivity contribution in [3.05, 3.63) is 92.9 Å². The summed E-state index contributed by atoms with van der Waals surface area (Å²) in [4.78, 5) is 19.5. The van der Waals surface area contributed by atoms with Crippen molar-refractivity contribution in [3.8, 4) is 5.75 Å². The summed E-state index contributed by atoms with van der Waals surface area (Å²) >= 11 is 0. The molecule has 10 heteroatoms. The number of aromatic nitrogens is 4. The maximum absolute atomic E-state index is 13.2. The van der Waals surface area contributed by atoms with Gasteiger partial charge in [-0.05, 0) is 47.8 Å². The van der Waals surface area contributed by atoms with Crippen molar-refractivity contribution in [2.45, 2.75) is 32.9 Å². The summed E-state index contributed by atoms with van der Waals surface area (Å²) in [6.07, 6.45) is 5.30. The van der Waals surface area contributed by atoms with Crippen LogP contribution in [0, 0.1) is 12.8 Å². The Kier molecular flexibility index (Phi) is 6.81. The SMILES string of the molecule is Cc1ccc(OC2=CC=C(CNc3ncc(Cc4cnn(C)c4)c(=O)[nH]3)C(C)C2)cc1C(F)(F)F. The first-order valence-corrected chi connectivity index (χ1v) is 11.1. The van der Waals surface area contributed by atoms with Crippen LogP contribution in [0.4, 0.5) is 19.1 Å². The van der Waals surface area contributed by atoms with E-state index in [-0.39, 0.29) is 22.8 Å². The third-order valence-corrected chi connectivity index (χ3v) is 5.87. The Morgan fingerprint density at radius 3 is 2.71 bits per heavy atom. The number of anilines is 1. The van der Waals surface area contributed by atoms with E-state index in [2.05, 4.69) is 20.4 Å². The number of allylic oxidation sites excluding steroid dienone is 3. The van der Waals surface area contributed by atoms with Crippen molar-refractivity contribution < 1.29 is 17.9 Å². The molecule has 2 heterocycles. The zero-order valence-electron chi connectivity index (χ0n) is 19.6. The maximum Gasteiger partial charge on any atom is 0.416 e. The van der Waals surface area contributed by atoms with E-state index < -0.39 is 11.7 Å². The summed E-state index contributed by atoms with van der Waals surface area (Å²) in [6, 6.07) is 3.98. The molecule has 1 aliphatic rings. The summed E-state index contributed by atoms with van der Waals surface area (Å²) in [7, 11) is 1.82. The molecule has 0 aliphatic heterocycles. The van der Waals surface area contributed by atoms with Gasteiger partial charge in [0.25, 0.3) is 5.56 Å². The molecule has 7 nitrogen and oxygen atoms in total. The van der Waals surface area contributed by atoms with Gasteiger partial charge in [0, 0.05) is 44.4 Å². The molecule has 1 unspecified atom stereocenters. The van der Waals surface area contributed by atoms with Crippen LogP contribution in [0.5, 0.6) is 5.75 Å². The zero-order chi connectivity index (χ0) is 25.2. The molecule has 2 N–H and O–H groups in total. The van der Waals surface area contributed by atoms with E-state index >= 15 is 0 Å². The lowest BCUT2D eigenvalue weighted by Crippen LogP contribution is -2.20. The van der Waals surface area contributed by atoms with Gasteiger partial charge in [-0.1, -0.05) is 19.1 Å². The summed E-state index contributed by atoms with van der Waals surface area (Å²) in [6.45, 7) is 3.89. The number of hydrogen-bond donors (Lipinski definition) is 2. The largest absolute Gasteiger partial charge is 0.462 e. The lowest BCUT2D eigenvalue weighted by atomic mass is 9.92. The average molecular weight is 486 g/mol. The summed E-state index contributed by atoms with van der Waals surface area (Å²) < 4.78 is 46.9. The Labute approximate surface area is 200 Å². The standard InChI is InChI=1S/C25H26F3N5O2/c1-15-4-6-21(10-22(15)25(26,27)28)35-20-7-5-18(16(2)8-20)12-29-24-30-13-19(23(34)32-24)9-17-11-31-33(3)14-17/h4-7,10-11,13-14,16H,8-9,12H2,1-3H3,(H2,29,30,32,34). The number of halogens is 3. The number of nitrogens with one attached hydrogen (secondary N) is 2. The van der Waals surface area contributed by atoms with E-state index in [9.17, 15) is 18.0 Å². The molecule has 1 aromatic carbocycles. The average Bonchev–Trinajstić information content (AvgIpc) is 3.20. The molecule has 1 atom stereocenters. The maximum atomic E-state index is 13.2. The number of H-pyrrole nitrogens is 1. The number of aromatic amines is 1. The van der Waals surface area contributed by atoms with Crippen LogP contribution in [0.25, 0.3) is 0 Å². The van der Waals surface area contributed by atoms with Gasteiger partial charge in [0.15, 0.2) is 0 Å². The minimum absolute atomic E-state index is 0.0895. The quantitative estimate of drug-likeness (QED) is 0.504. The third kappa shape index (κ3) is 6.00. The molecule has 0 radical (unpaired) electrons. The normalized spacial score (nSPS) is 16.0. The molecule has 2 aromatic heterocycles. The van der Waals surface area contributed by atoms with Crippen molar-refractivity contribution in [1.29, 1.82) is 0 Å². The van der Waals surface area contributed by atoms with Gasteiger partial charge in [-0.3, -0.25) is 14.5 Å². The summed E-state index contributed by atoms with van der Waals surface area (Å²) in [5.41, 5.74) is 1.76. The van der Waals surface area contributed by atoms with Gasteiger partial charge < -0.3 is 10.1 Å². The monoisotopic (exact) mass is 485 g/mol. The number of nitrogens with zero attached hydrogens (tertiary/aromatic N) is 3. The molecule has 0 bridgehead atoms. The van der Waals surface area contributed by atoms with Crippen molar-refractivity contribution in [1.82, 2.24) is 19.7 Å². The Morgan fingerprint density at radius 1 is 1.26 bits per heavy atom. The molecule has 0 spiro atoms. The molecular formula is C25H26F3N5O2. The van der Waals surface area contributed by atoms with Crippen LogP contribution in [0.15, 0.2) is 65.1 Å². The molecule has 1 aliphatic carbocycles. The second-order valence-corrected chi connectivity index (χ2v) is 8.70. The molecule has 0 saturated carbocycles. The fraction of sp³-hybridized carbons (Fsp3) is 0.320. The highest BCUT2D eigenvalue weighted by atomic mass is 19.4. The van der Waals surface area contributed by atoms with E-state index in [1.807, 2.05) is 26.2 Å². The van der Waals surface area contributed by atoms with Gasteiger partial charge in [-0.2, -0.15) is 18.3 Å². The predicted octanol–water partition coefficient (Wildman–Crippen LogP) is 4.76. The van der Waals surface area contributed by atoms with Crippen molar-refractivity contribution >= 4 is 5.95 Å². The van der Waals surface area contributed by atoms with Crippen LogP contribution in [-0.4, -0.2) is 26.3 Å². The minimum Gasteiger partial charge on any atom is -0.462 e. The van der Waals surface area contributed by atoms with Gasteiger partial charge in [0.2, 0.25) is 5.95 Å². The lowest BCUT2D eigenvalue weighted by molar-refractivity contribution is -0.138. The fourth-order valence-corrected chi connectivity index (χ4v) is 3.90. The van der Waals surface area contributed by atoms with Crippen molar-refractivity contribution in [2.24, 2.45) is 13.0 Å². The van der Waals surface area contributed by atoms with Gasteiger partial charge in [-0.15, -0.1) is 0 Å². The van der Waals surface area contributed by atoms with E-state index in [4.69, 9.17) is 4.74 Å². The van der Waals surface area contributed by atoms with Gasteiger partial charge >= 0.3 is 6.18 Å². The van der Waals surface area contributed by atoms with Crippen LogP contribution < -0.4 is 15.6 Å². The van der Waals surface area contributed by atoms with Crippen molar-refractivity contribution in [3.63, 3.8) is 0 Å². The molecule has 0 amide bonds. The molecule has 4 rings (SSSR count). The first-order chi connectivity index (χ1) is 16.6. The van der Waals surface area contributed by atoms with E-state index in [0.29, 0.717) is 36.7 Å². The highest BCUT2D eigenvalue weighted by molar-refractivity contribution is 5.39. The topological polar surface area (TPSA) is 84.8 Å². The van der Waals surface area contributed by atoms with Gasteiger partial charge in [0.1, 0.15) is 11.5 Å². The van der Waals surface area contributed by atoms with Crippen LogP contribution in [-0.2, 0) is 19.6 Å². The first-order valence-electron chi connectivity index (χ1n) is 11.1. The smallest absolute Gasteiger partial charge is 0.416 e. The van der Waals surface area contributed by atoms with Crippen molar-refractivity contribution in [2.75, 3.05) is 11.9 Å². The Bertz CT molecular complexity index is 1340. The van der Waals surface area contributed by atoms with Gasteiger partial charge in [0.05, 0.1) is 11.8 Å². The van der Waals surface area contributed by atoms with E-state index in [1.165, 1.54) is 19.1 Å². The minimum atomic E-state index is -4.43. The molecule has 35 heavy (non-hydrogen) atoms. The number of hydrogen-bond acceptors (Lipinski definition) is 5. The summed E-state index contributed by atoms with van der Waals surface area (Å²) in [5.74, 6) is 1.20. The Hall–Kier alpha value is -3.82. The van der Waals surface area contributed by atoms with Crippen LogP contribution in [0.2, 0.25) is 0 Å². The van der Waals surface area contributed by atoms with Gasteiger partial charge in [-0.25, -0.2) is 4.98 Å². The lowest BCUT2D eigenvalue weighted by Gasteiger charge is -2.23. The zero-order valence-corrected chi connectivity index (χ0v) is 19.6. The van der Waals surface area contributed by atoms with Crippen LogP contribution in [0.3, 0.4) is 0 Å². The number of ether oxygens (including phenoxy) is 1. The first kappa shape index (κ1) is 24.3. The Morgan fingerprint density at radius 2 is 2.06 bits per heavy atom. The second kappa shape index (κ2) is 9.81. The van der Waals surface area contributed by atoms with E-state index in [0.717, 1.165) is 17.2 Å². The number of benzene rings is 1. The second-order valence-electron chi connectivity index (χ2n) is 8.70. The highest BCUT2D eigenvalue weighted by Gasteiger charge is 2.32. The molecular weight excluding hydrogens is 459 g/mol. The third-order valence-electron chi connectivity index (χ3n) is 5.87. The fourth-order valence-electron chi connectivity index (χ4n) is 3.90. The number of rotatable bonds is 7. The summed E-state index contributed by atoms with van der Waals surface area (Å²) in [5, 5.41) is 7.23. The molecule has 0 fully saturated rings. The molecule has 184 valence electrons. The predicted molar refractivity (Wildman–Crippen MR) is 126 cm³/mol. The van der Waals surface area contributed by atoms with Crippen LogP contribution in [0.1, 0.15) is 35.6 Å². The highest BCUT2D eigenvalue weighted by Crippen LogP contribution is 2.35. The number of aryl methyl sites for hydroxylation is 2. The molecule has 3 aromatic rings. The Balaban J connectivity index is 1.39. The number of alkyl halides is 3. The molecule has 0 saturated heterocycles.